The predicted octanol–water partition coefficient (Wildman–Crippen LogP) is 0.766. The molecule has 1 N–H and O–H groups in total. The van der Waals surface area contributed by atoms with E-state index in [1.807, 2.05) is 0 Å². The van der Waals surface area contributed by atoms with Gasteiger partial charge in [0.05, 0.1) is 12.2 Å². The molecule has 0 radical (unpaired) electrons. The summed E-state index contributed by atoms with van der Waals surface area (Å²) < 4.78 is 34.0. The number of hydrogen-bond donors (Lipinski definition) is 1. The lowest BCUT2D eigenvalue weighted by atomic mass is 9.75. The molecule has 2 fully saturated rings. The Labute approximate surface area is 142 Å². The Morgan fingerprint density at radius 1 is 1.36 bits per heavy atom. The highest BCUT2D eigenvalue weighted by Crippen LogP contribution is 2.38. The Bertz CT molecular complexity index is 726. The van der Waals surface area contributed by atoms with Crippen molar-refractivity contribution in [3.05, 3.63) is 29.3 Å². The quantitative estimate of drug-likeness (QED) is 0.811. The van der Waals surface area contributed by atoms with Crippen LogP contribution in [0.5, 0.6) is 0 Å². The monoisotopic (exact) mass is 353 g/mol. The van der Waals surface area contributed by atoms with Gasteiger partial charge in [0, 0.05) is 31.1 Å². The summed E-state index contributed by atoms with van der Waals surface area (Å²) in [6.07, 6.45) is -1.25. The number of ether oxygens (including phenoxy) is 1. The van der Waals surface area contributed by atoms with Crippen LogP contribution in [0.25, 0.3) is 0 Å². The van der Waals surface area contributed by atoms with Crippen LogP contribution in [0.2, 0.25) is 0 Å². The predicted molar refractivity (Wildman–Crippen MR) is 83.0 cm³/mol. The Morgan fingerprint density at radius 3 is 2.48 bits per heavy atom. The van der Waals surface area contributed by atoms with Gasteiger partial charge in [0.15, 0.2) is 6.10 Å². The summed E-state index contributed by atoms with van der Waals surface area (Å²) in [7, 11) is 1.40. The van der Waals surface area contributed by atoms with Crippen LogP contribution < -0.4 is 10.2 Å². The summed E-state index contributed by atoms with van der Waals surface area (Å²) in [5.74, 6) is -2.11. The number of likely N-dealkylation sites (N-methyl/N-ethyl adjacent to an activating group) is 1. The second-order valence-corrected chi connectivity index (χ2v) is 6.45. The fourth-order valence-electron chi connectivity index (χ4n) is 3.35. The number of carbonyl (C=O) groups is 3. The summed E-state index contributed by atoms with van der Waals surface area (Å²) in [6.45, 7) is 1.97. The summed E-state index contributed by atoms with van der Waals surface area (Å²) in [6, 6.07) is 2.08. The second kappa shape index (κ2) is 5.98. The number of halogens is 2. The van der Waals surface area contributed by atoms with Crippen LogP contribution in [0.4, 0.5) is 19.3 Å². The highest BCUT2D eigenvalue weighted by molar-refractivity contribution is 5.95. The zero-order chi connectivity index (χ0) is 18.4. The fourth-order valence-corrected chi connectivity index (χ4v) is 3.35. The number of likely N-dealkylation sites (tertiary alicyclic amines) is 1. The van der Waals surface area contributed by atoms with Crippen molar-refractivity contribution in [2.24, 2.45) is 0 Å². The van der Waals surface area contributed by atoms with Crippen molar-refractivity contribution in [1.29, 1.82) is 0 Å². The molecule has 0 spiro atoms. The van der Waals surface area contributed by atoms with Crippen LogP contribution >= 0.6 is 0 Å². The molecule has 3 rings (SSSR count). The average molecular weight is 353 g/mol. The number of cyclic esters (lactones) is 1. The molecule has 3 amide bonds. The maximum absolute atomic E-state index is 14.6. The Kier molecular flexibility index (Phi) is 4.09. The smallest absolute Gasteiger partial charge is 0.415 e. The minimum absolute atomic E-state index is 0.0229. The Hall–Kier alpha value is -2.71. The van der Waals surface area contributed by atoms with Crippen molar-refractivity contribution in [1.82, 2.24) is 10.2 Å². The number of nitrogens with one attached hydrogen (secondary N) is 1. The molecule has 2 aliphatic rings. The zero-order valence-electron chi connectivity index (χ0n) is 13.7. The van der Waals surface area contributed by atoms with E-state index in [-0.39, 0.29) is 30.9 Å². The zero-order valence-corrected chi connectivity index (χ0v) is 13.7. The number of hydrogen-bond acceptors (Lipinski definition) is 4. The van der Waals surface area contributed by atoms with E-state index in [9.17, 15) is 23.2 Å². The van der Waals surface area contributed by atoms with Gasteiger partial charge in [0.1, 0.15) is 11.6 Å². The fraction of sp³-hybridized carbons (Fsp3) is 0.438. The molecule has 1 aromatic rings. The van der Waals surface area contributed by atoms with Crippen molar-refractivity contribution < 1.29 is 27.9 Å². The van der Waals surface area contributed by atoms with Crippen LogP contribution in [-0.2, 0) is 19.7 Å². The van der Waals surface area contributed by atoms with Crippen molar-refractivity contribution in [3.8, 4) is 0 Å². The summed E-state index contributed by atoms with van der Waals surface area (Å²) >= 11 is 0. The first-order valence-corrected chi connectivity index (χ1v) is 7.67. The molecule has 2 heterocycles. The third kappa shape index (κ3) is 2.79. The van der Waals surface area contributed by atoms with E-state index in [1.54, 1.807) is 6.92 Å². The minimum Gasteiger partial charge on any atom is -0.434 e. The molecule has 9 heteroatoms. The van der Waals surface area contributed by atoms with Crippen LogP contribution in [-0.4, -0.2) is 56.1 Å². The van der Waals surface area contributed by atoms with Gasteiger partial charge in [0.2, 0.25) is 6.41 Å². The largest absolute Gasteiger partial charge is 0.434 e. The van der Waals surface area contributed by atoms with E-state index in [2.05, 4.69) is 5.32 Å². The molecular formula is C16H17F2N3O4. The number of nitrogens with zero attached hydrogens (tertiary/aromatic N) is 2. The number of anilines is 1. The topological polar surface area (TPSA) is 79.0 Å². The minimum atomic E-state index is -1.03. The first-order valence-electron chi connectivity index (χ1n) is 7.67. The van der Waals surface area contributed by atoms with Crippen molar-refractivity contribution in [3.63, 3.8) is 0 Å². The molecule has 1 atom stereocenters. The van der Waals surface area contributed by atoms with Crippen LogP contribution in [0, 0.1) is 11.6 Å². The molecule has 25 heavy (non-hydrogen) atoms. The maximum atomic E-state index is 14.6. The van der Waals surface area contributed by atoms with Gasteiger partial charge in [-0.15, -0.1) is 0 Å². The summed E-state index contributed by atoms with van der Waals surface area (Å²) in [4.78, 5) is 36.6. The average Bonchev–Trinajstić information content (AvgIpc) is 2.92. The molecule has 2 saturated heterocycles. The number of benzene rings is 1. The third-order valence-corrected chi connectivity index (χ3v) is 4.55. The van der Waals surface area contributed by atoms with Gasteiger partial charge < -0.3 is 15.0 Å². The molecule has 1 aromatic carbocycles. The van der Waals surface area contributed by atoms with E-state index in [0.29, 0.717) is 6.41 Å². The Morgan fingerprint density at radius 2 is 1.96 bits per heavy atom. The van der Waals surface area contributed by atoms with E-state index in [1.165, 1.54) is 11.9 Å². The standard InChI is InChI=1S/C16H17F2N3O4/c1-16(6-20(7-16)8-22)13-10(17)3-9(4-11(13)18)21-5-12(14(23)19-2)25-15(21)24/h3-4,8,12H,5-7H2,1-2H3,(H,19,23). The first-order chi connectivity index (χ1) is 11.8. The lowest BCUT2D eigenvalue weighted by Gasteiger charge is -2.46. The third-order valence-electron chi connectivity index (χ3n) is 4.55. The second-order valence-electron chi connectivity index (χ2n) is 6.45. The molecule has 0 bridgehead atoms. The SMILES string of the molecule is CNC(=O)C1CN(c2cc(F)c(C3(C)CN(C=O)C3)c(F)c2)C(=O)O1. The normalized spacial score (nSPS) is 21.6. The molecule has 134 valence electrons. The van der Waals surface area contributed by atoms with Gasteiger partial charge in [-0.2, -0.15) is 0 Å². The van der Waals surface area contributed by atoms with Gasteiger partial charge in [-0.25, -0.2) is 13.6 Å². The van der Waals surface area contributed by atoms with E-state index >= 15 is 0 Å². The lowest BCUT2D eigenvalue weighted by Crippen LogP contribution is -2.57. The Balaban J connectivity index is 1.87. The summed E-state index contributed by atoms with van der Waals surface area (Å²) in [5.41, 5.74) is -0.959. The number of amides is 3. The van der Waals surface area contributed by atoms with Crippen LogP contribution in [0.15, 0.2) is 12.1 Å². The van der Waals surface area contributed by atoms with Gasteiger partial charge in [-0.3, -0.25) is 14.5 Å². The van der Waals surface area contributed by atoms with Gasteiger partial charge in [0.25, 0.3) is 5.91 Å². The van der Waals surface area contributed by atoms with Gasteiger partial charge in [-0.05, 0) is 12.1 Å². The molecule has 7 nitrogen and oxygen atoms in total. The number of carbonyl (C=O) groups excluding carboxylic acids is 3. The highest BCUT2D eigenvalue weighted by Gasteiger charge is 2.44. The lowest BCUT2D eigenvalue weighted by molar-refractivity contribution is -0.127. The van der Waals surface area contributed by atoms with E-state index in [4.69, 9.17) is 4.74 Å². The molecule has 0 saturated carbocycles. The van der Waals surface area contributed by atoms with Crippen molar-refractivity contribution in [2.45, 2.75) is 18.4 Å². The van der Waals surface area contributed by atoms with Gasteiger partial charge in [-0.1, -0.05) is 6.92 Å². The molecule has 2 aliphatic heterocycles. The first kappa shape index (κ1) is 17.1. The highest BCUT2D eigenvalue weighted by atomic mass is 19.1. The van der Waals surface area contributed by atoms with E-state index in [0.717, 1.165) is 17.0 Å². The summed E-state index contributed by atoms with van der Waals surface area (Å²) in [5, 5.41) is 2.35. The van der Waals surface area contributed by atoms with E-state index < -0.39 is 35.2 Å². The van der Waals surface area contributed by atoms with Crippen LogP contribution in [0.3, 0.4) is 0 Å². The van der Waals surface area contributed by atoms with Crippen molar-refractivity contribution in [2.75, 3.05) is 31.6 Å². The van der Waals surface area contributed by atoms with Crippen molar-refractivity contribution >= 4 is 24.1 Å². The van der Waals surface area contributed by atoms with Gasteiger partial charge >= 0.3 is 6.09 Å². The molecule has 0 aliphatic carbocycles. The molecular weight excluding hydrogens is 336 g/mol. The molecule has 0 aromatic heterocycles. The van der Waals surface area contributed by atoms with Crippen LogP contribution in [0.1, 0.15) is 12.5 Å². The molecule has 1 unspecified atom stereocenters. The number of rotatable bonds is 4. The maximum Gasteiger partial charge on any atom is 0.415 e.